The molecular formula is C26H19N3. The van der Waals surface area contributed by atoms with E-state index in [1.54, 1.807) is 0 Å². The fourth-order valence-electron chi connectivity index (χ4n) is 3.91. The lowest BCUT2D eigenvalue weighted by Crippen LogP contribution is -1.98. The highest BCUT2D eigenvalue weighted by Crippen LogP contribution is 2.27. The Morgan fingerprint density at radius 2 is 1.76 bits per heavy atom. The standard InChI is InChI=1S/C26H19N3/c1-18-4-2-3-5-24(18)22-10-11-25-26(14-22)29(17-28-25)16-20-7-9-21-8-6-19(15-27)12-23(21)13-20/h2-14,17H,16H2,1H3. The molecule has 0 aliphatic heterocycles. The zero-order valence-corrected chi connectivity index (χ0v) is 16.1. The first-order valence-corrected chi connectivity index (χ1v) is 9.65. The summed E-state index contributed by atoms with van der Waals surface area (Å²) in [7, 11) is 0. The molecule has 0 unspecified atom stereocenters. The average molecular weight is 373 g/mol. The van der Waals surface area contributed by atoms with E-state index >= 15 is 0 Å². The van der Waals surface area contributed by atoms with E-state index in [-0.39, 0.29) is 0 Å². The van der Waals surface area contributed by atoms with Gasteiger partial charge in [-0.1, -0.05) is 48.5 Å². The molecule has 0 aliphatic rings. The van der Waals surface area contributed by atoms with Crippen LogP contribution >= 0.6 is 0 Å². The van der Waals surface area contributed by atoms with Crippen LogP contribution in [-0.4, -0.2) is 9.55 Å². The first kappa shape index (κ1) is 17.2. The summed E-state index contributed by atoms with van der Waals surface area (Å²) in [5.74, 6) is 0. The van der Waals surface area contributed by atoms with Gasteiger partial charge in [-0.15, -0.1) is 0 Å². The maximum Gasteiger partial charge on any atom is 0.0991 e. The molecule has 0 spiro atoms. The molecule has 0 saturated heterocycles. The fourth-order valence-corrected chi connectivity index (χ4v) is 3.91. The first-order chi connectivity index (χ1) is 14.2. The van der Waals surface area contributed by atoms with E-state index in [0.29, 0.717) is 5.56 Å². The number of nitriles is 1. The third-order valence-electron chi connectivity index (χ3n) is 5.46. The monoisotopic (exact) mass is 373 g/mol. The Hall–Kier alpha value is -3.90. The molecule has 3 heteroatoms. The van der Waals surface area contributed by atoms with Gasteiger partial charge in [-0.25, -0.2) is 4.98 Å². The van der Waals surface area contributed by atoms with Crippen molar-refractivity contribution in [1.29, 1.82) is 5.26 Å². The molecule has 5 aromatic rings. The molecular weight excluding hydrogens is 354 g/mol. The largest absolute Gasteiger partial charge is 0.326 e. The number of hydrogen-bond acceptors (Lipinski definition) is 2. The lowest BCUT2D eigenvalue weighted by Gasteiger charge is -2.09. The van der Waals surface area contributed by atoms with Crippen molar-refractivity contribution in [3.8, 4) is 17.2 Å². The zero-order valence-electron chi connectivity index (χ0n) is 16.1. The van der Waals surface area contributed by atoms with Crippen LogP contribution in [0.5, 0.6) is 0 Å². The second-order valence-corrected chi connectivity index (χ2v) is 7.40. The molecule has 1 heterocycles. The van der Waals surface area contributed by atoms with Crippen LogP contribution < -0.4 is 0 Å². The number of aryl methyl sites for hydroxylation is 1. The van der Waals surface area contributed by atoms with Crippen molar-refractivity contribution >= 4 is 21.8 Å². The summed E-state index contributed by atoms with van der Waals surface area (Å²) in [4.78, 5) is 4.58. The highest BCUT2D eigenvalue weighted by Gasteiger charge is 2.08. The van der Waals surface area contributed by atoms with Crippen molar-refractivity contribution in [3.63, 3.8) is 0 Å². The summed E-state index contributed by atoms with van der Waals surface area (Å²) in [6.07, 6.45) is 1.90. The second kappa shape index (κ2) is 6.92. The Balaban J connectivity index is 1.55. The van der Waals surface area contributed by atoms with E-state index in [1.165, 1.54) is 22.3 Å². The van der Waals surface area contributed by atoms with E-state index in [9.17, 15) is 0 Å². The Labute approximate surface area is 169 Å². The normalized spacial score (nSPS) is 11.0. The van der Waals surface area contributed by atoms with Crippen LogP contribution in [0.25, 0.3) is 32.9 Å². The molecule has 0 fully saturated rings. The Kier molecular flexibility index (Phi) is 4.11. The van der Waals surface area contributed by atoms with E-state index in [1.807, 2.05) is 24.5 Å². The van der Waals surface area contributed by atoms with E-state index in [0.717, 1.165) is 28.4 Å². The minimum Gasteiger partial charge on any atom is -0.326 e. The van der Waals surface area contributed by atoms with Gasteiger partial charge in [-0.05, 0) is 70.3 Å². The van der Waals surface area contributed by atoms with Gasteiger partial charge in [0.15, 0.2) is 0 Å². The SMILES string of the molecule is Cc1ccccc1-c1ccc2ncn(Cc3ccc4ccc(C#N)cc4c3)c2c1. The maximum absolute atomic E-state index is 9.17. The minimum atomic E-state index is 0.686. The van der Waals surface area contributed by atoms with Crippen molar-refractivity contribution in [3.05, 3.63) is 102 Å². The lowest BCUT2D eigenvalue weighted by atomic mass is 10.0. The van der Waals surface area contributed by atoms with Crippen molar-refractivity contribution in [2.45, 2.75) is 13.5 Å². The predicted octanol–water partition coefficient (Wildman–Crippen LogP) is 6.08. The van der Waals surface area contributed by atoms with Crippen LogP contribution in [0.4, 0.5) is 0 Å². The van der Waals surface area contributed by atoms with Gasteiger partial charge >= 0.3 is 0 Å². The molecule has 0 amide bonds. The molecule has 0 aliphatic carbocycles. The number of fused-ring (bicyclic) bond motifs is 2. The molecule has 0 bridgehead atoms. The van der Waals surface area contributed by atoms with Crippen molar-refractivity contribution in [2.75, 3.05) is 0 Å². The third kappa shape index (κ3) is 3.15. The van der Waals surface area contributed by atoms with Crippen molar-refractivity contribution in [1.82, 2.24) is 9.55 Å². The summed E-state index contributed by atoms with van der Waals surface area (Å²) in [5, 5.41) is 11.4. The number of aromatic nitrogens is 2. The van der Waals surface area contributed by atoms with Gasteiger partial charge in [0.2, 0.25) is 0 Å². The fraction of sp³-hybridized carbons (Fsp3) is 0.0769. The van der Waals surface area contributed by atoms with Gasteiger partial charge in [0.25, 0.3) is 0 Å². The number of nitrogens with zero attached hydrogens (tertiary/aromatic N) is 3. The van der Waals surface area contributed by atoms with E-state index in [4.69, 9.17) is 5.26 Å². The molecule has 0 atom stereocenters. The van der Waals surface area contributed by atoms with Crippen LogP contribution in [0.3, 0.4) is 0 Å². The van der Waals surface area contributed by atoms with E-state index < -0.39 is 0 Å². The van der Waals surface area contributed by atoms with Crippen LogP contribution in [0, 0.1) is 18.3 Å². The molecule has 0 N–H and O–H groups in total. The molecule has 4 aromatic carbocycles. The highest BCUT2D eigenvalue weighted by atomic mass is 15.0. The number of rotatable bonds is 3. The number of imidazole rings is 1. The summed E-state index contributed by atoms with van der Waals surface area (Å²) < 4.78 is 2.19. The van der Waals surface area contributed by atoms with Gasteiger partial charge in [0.1, 0.15) is 0 Å². The smallest absolute Gasteiger partial charge is 0.0991 e. The first-order valence-electron chi connectivity index (χ1n) is 9.65. The average Bonchev–Trinajstić information content (AvgIpc) is 3.15. The van der Waals surface area contributed by atoms with Gasteiger partial charge in [0.05, 0.1) is 29.0 Å². The van der Waals surface area contributed by atoms with Crippen LogP contribution in [-0.2, 0) is 6.54 Å². The van der Waals surface area contributed by atoms with Gasteiger partial charge in [-0.3, -0.25) is 0 Å². The quantitative estimate of drug-likeness (QED) is 0.384. The van der Waals surface area contributed by atoms with Gasteiger partial charge in [-0.2, -0.15) is 5.26 Å². The highest BCUT2D eigenvalue weighted by molar-refractivity contribution is 5.85. The minimum absolute atomic E-state index is 0.686. The summed E-state index contributed by atoms with van der Waals surface area (Å²) >= 11 is 0. The van der Waals surface area contributed by atoms with Gasteiger partial charge < -0.3 is 4.57 Å². The van der Waals surface area contributed by atoms with Crippen LogP contribution in [0.2, 0.25) is 0 Å². The van der Waals surface area contributed by atoms with E-state index in [2.05, 4.69) is 83.2 Å². The zero-order chi connectivity index (χ0) is 19.8. The number of hydrogen-bond donors (Lipinski definition) is 0. The molecule has 0 radical (unpaired) electrons. The predicted molar refractivity (Wildman–Crippen MR) is 118 cm³/mol. The lowest BCUT2D eigenvalue weighted by molar-refractivity contribution is 0.826. The topological polar surface area (TPSA) is 41.6 Å². The second-order valence-electron chi connectivity index (χ2n) is 7.40. The maximum atomic E-state index is 9.17. The summed E-state index contributed by atoms with van der Waals surface area (Å²) in [6.45, 7) is 2.88. The van der Waals surface area contributed by atoms with Gasteiger partial charge in [0, 0.05) is 6.54 Å². The molecule has 1 aromatic heterocycles. The summed E-state index contributed by atoms with van der Waals surface area (Å²) in [5.41, 5.74) is 7.71. The Morgan fingerprint density at radius 1 is 0.897 bits per heavy atom. The molecule has 138 valence electrons. The summed E-state index contributed by atoms with van der Waals surface area (Å²) in [6, 6.07) is 29.3. The molecule has 0 saturated carbocycles. The molecule has 3 nitrogen and oxygen atoms in total. The molecule has 29 heavy (non-hydrogen) atoms. The Bertz CT molecular complexity index is 1400. The van der Waals surface area contributed by atoms with Crippen LogP contribution in [0.1, 0.15) is 16.7 Å². The van der Waals surface area contributed by atoms with Crippen molar-refractivity contribution < 1.29 is 0 Å². The number of benzene rings is 4. The molecule has 5 rings (SSSR count). The van der Waals surface area contributed by atoms with Crippen molar-refractivity contribution in [2.24, 2.45) is 0 Å². The third-order valence-corrected chi connectivity index (χ3v) is 5.46. The van der Waals surface area contributed by atoms with Crippen LogP contribution in [0.15, 0.2) is 85.2 Å². The Morgan fingerprint density at radius 3 is 2.62 bits per heavy atom.